The minimum absolute atomic E-state index is 0.197. The molecule has 110 valence electrons. The summed E-state index contributed by atoms with van der Waals surface area (Å²) in [6.45, 7) is 2.13. The van der Waals surface area contributed by atoms with Crippen LogP contribution in [0, 0.1) is 9.49 Å². The van der Waals surface area contributed by atoms with E-state index in [0.717, 1.165) is 17.6 Å². The van der Waals surface area contributed by atoms with Crippen LogP contribution in [-0.2, 0) is 0 Å². The Hall–Kier alpha value is -1.68. The van der Waals surface area contributed by atoms with E-state index in [4.69, 9.17) is 0 Å². The number of allylic oxidation sites excluding steroid dienone is 4. The van der Waals surface area contributed by atoms with E-state index in [0.29, 0.717) is 0 Å². The standard InChI is InChI=1S/C20H18IO/c1-15-9-8-14-18(21-17-12-6-3-7-13-17)19(15)20(22)16-10-4-2-5-11-16/h2-13,15H,14H2,1H3/q+1. The first-order valence-electron chi connectivity index (χ1n) is 7.45. The molecule has 0 fully saturated rings. The second-order valence-corrected chi connectivity index (χ2v) is 8.41. The molecule has 0 radical (unpaired) electrons. The van der Waals surface area contributed by atoms with Crippen LogP contribution in [0.3, 0.4) is 0 Å². The Bertz CT molecular complexity index is 714. The second kappa shape index (κ2) is 7.05. The Morgan fingerprint density at radius 2 is 1.64 bits per heavy atom. The van der Waals surface area contributed by atoms with E-state index < -0.39 is 0 Å². The minimum Gasteiger partial charge on any atom is -0.289 e. The van der Waals surface area contributed by atoms with Gasteiger partial charge < -0.3 is 0 Å². The highest BCUT2D eigenvalue weighted by Gasteiger charge is 2.31. The molecule has 1 nitrogen and oxygen atoms in total. The molecule has 0 spiro atoms. The van der Waals surface area contributed by atoms with E-state index in [9.17, 15) is 4.79 Å². The van der Waals surface area contributed by atoms with Gasteiger partial charge in [-0.3, -0.25) is 4.79 Å². The molecule has 2 aromatic carbocycles. The summed E-state index contributed by atoms with van der Waals surface area (Å²) in [4.78, 5) is 12.9. The van der Waals surface area contributed by atoms with E-state index in [1.807, 2.05) is 36.4 Å². The first-order chi connectivity index (χ1) is 10.8. The minimum atomic E-state index is -0.280. The average Bonchev–Trinajstić information content (AvgIpc) is 2.56. The van der Waals surface area contributed by atoms with Crippen molar-refractivity contribution in [3.63, 3.8) is 0 Å². The maximum Gasteiger partial charge on any atom is 0.353 e. The van der Waals surface area contributed by atoms with Crippen LogP contribution in [0.15, 0.2) is 82.0 Å². The number of benzene rings is 2. The topological polar surface area (TPSA) is 17.1 Å². The van der Waals surface area contributed by atoms with E-state index >= 15 is 0 Å². The molecule has 22 heavy (non-hydrogen) atoms. The van der Waals surface area contributed by atoms with Crippen LogP contribution in [0.2, 0.25) is 0 Å². The van der Waals surface area contributed by atoms with Gasteiger partial charge in [0.25, 0.3) is 0 Å². The summed E-state index contributed by atoms with van der Waals surface area (Å²) in [7, 11) is 0. The zero-order chi connectivity index (χ0) is 15.4. The highest BCUT2D eigenvalue weighted by molar-refractivity contribution is 6.09. The molecular formula is C20H18IO+. The number of ketones is 1. The molecule has 0 saturated carbocycles. The lowest BCUT2D eigenvalue weighted by atomic mass is 9.89. The van der Waals surface area contributed by atoms with E-state index in [-0.39, 0.29) is 32.9 Å². The zero-order valence-electron chi connectivity index (χ0n) is 12.5. The maximum absolute atomic E-state index is 12.9. The lowest BCUT2D eigenvalue weighted by molar-refractivity contribution is -0.579. The summed E-state index contributed by atoms with van der Waals surface area (Å²) in [5.41, 5.74) is 1.82. The third-order valence-corrected chi connectivity index (χ3v) is 6.72. The van der Waals surface area contributed by atoms with Gasteiger partial charge in [-0.2, -0.15) is 0 Å². The molecule has 0 N–H and O–H groups in total. The van der Waals surface area contributed by atoms with Gasteiger partial charge in [0, 0.05) is 17.9 Å². The Morgan fingerprint density at radius 3 is 2.32 bits per heavy atom. The van der Waals surface area contributed by atoms with Crippen LogP contribution in [0.4, 0.5) is 0 Å². The molecule has 1 atom stereocenters. The summed E-state index contributed by atoms with van der Waals surface area (Å²) in [6, 6.07) is 20.2. The lowest BCUT2D eigenvalue weighted by Gasteiger charge is -2.15. The third kappa shape index (κ3) is 3.38. The van der Waals surface area contributed by atoms with Crippen molar-refractivity contribution >= 4 is 5.78 Å². The van der Waals surface area contributed by atoms with Crippen LogP contribution in [0.5, 0.6) is 0 Å². The Kier molecular flexibility index (Phi) is 4.88. The van der Waals surface area contributed by atoms with Crippen molar-refractivity contribution in [2.45, 2.75) is 13.3 Å². The summed E-state index contributed by atoms with van der Waals surface area (Å²) in [5.74, 6) is 0.406. The van der Waals surface area contributed by atoms with Crippen molar-refractivity contribution < 1.29 is 26.0 Å². The smallest absolute Gasteiger partial charge is 0.289 e. The van der Waals surface area contributed by atoms with Crippen LogP contribution in [-0.4, -0.2) is 5.78 Å². The van der Waals surface area contributed by atoms with Gasteiger partial charge in [0.1, 0.15) is 0 Å². The normalized spacial score (nSPS) is 17.6. The van der Waals surface area contributed by atoms with Crippen molar-refractivity contribution in [3.05, 3.63) is 91.1 Å². The van der Waals surface area contributed by atoms with Crippen LogP contribution in [0.1, 0.15) is 23.7 Å². The first-order valence-corrected chi connectivity index (χ1v) is 9.61. The number of hydrogen-bond acceptors (Lipinski definition) is 1. The Balaban J connectivity index is 1.97. The van der Waals surface area contributed by atoms with E-state index in [2.05, 4.69) is 43.3 Å². The molecule has 1 unspecified atom stereocenters. The molecule has 0 aromatic heterocycles. The van der Waals surface area contributed by atoms with Crippen LogP contribution < -0.4 is 21.2 Å². The van der Waals surface area contributed by atoms with Gasteiger partial charge in [-0.15, -0.1) is 0 Å². The van der Waals surface area contributed by atoms with Gasteiger partial charge in [0.2, 0.25) is 0 Å². The fraction of sp³-hybridized carbons (Fsp3) is 0.150. The van der Waals surface area contributed by atoms with E-state index in [1.54, 1.807) is 0 Å². The maximum atomic E-state index is 12.9. The molecule has 0 saturated heterocycles. The fourth-order valence-corrected chi connectivity index (χ4v) is 5.63. The predicted octanol–water partition coefficient (Wildman–Crippen LogP) is 1.68. The number of rotatable bonds is 4. The monoisotopic (exact) mass is 401 g/mol. The molecule has 1 aliphatic carbocycles. The lowest BCUT2D eigenvalue weighted by Crippen LogP contribution is -3.61. The summed E-state index contributed by atoms with van der Waals surface area (Å²) >= 11 is -0.280. The number of carbonyl (C=O) groups excluding carboxylic acids is 1. The van der Waals surface area contributed by atoms with Gasteiger partial charge in [0.15, 0.2) is 12.9 Å². The first kappa shape index (κ1) is 15.2. The highest BCUT2D eigenvalue weighted by Crippen LogP contribution is 2.24. The zero-order valence-corrected chi connectivity index (χ0v) is 14.7. The predicted molar refractivity (Wildman–Crippen MR) is 85.9 cm³/mol. The van der Waals surface area contributed by atoms with Crippen molar-refractivity contribution in [2.24, 2.45) is 5.92 Å². The Morgan fingerprint density at radius 1 is 1.00 bits per heavy atom. The number of hydrogen-bond donors (Lipinski definition) is 0. The van der Waals surface area contributed by atoms with Crippen molar-refractivity contribution in [1.29, 1.82) is 0 Å². The quantitative estimate of drug-likeness (QED) is 0.433. The number of halogens is 1. The van der Waals surface area contributed by atoms with Gasteiger partial charge >= 0.3 is 21.2 Å². The molecule has 1 aliphatic rings. The molecule has 0 heterocycles. The molecule has 2 heteroatoms. The van der Waals surface area contributed by atoms with Gasteiger partial charge in [-0.1, -0.05) is 67.6 Å². The summed E-state index contributed by atoms with van der Waals surface area (Å²) < 4.78 is 2.73. The van der Waals surface area contributed by atoms with Crippen molar-refractivity contribution in [3.8, 4) is 0 Å². The van der Waals surface area contributed by atoms with Crippen molar-refractivity contribution in [2.75, 3.05) is 0 Å². The van der Waals surface area contributed by atoms with Gasteiger partial charge in [-0.05, 0) is 12.1 Å². The second-order valence-electron chi connectivity index (χ2n) is 5.32. The highest BCUT2D eigenvalue weighted by atomic mass is 127. The Labute approximate surface area is 142 Å². The fourth-order valence-electron chi connectivity index (χ4n) is 2.60. The van der Waals surface area contributed by atoms with Gasteiger partial charge in [0.05, 0.1) is 5.57 Å². The van der Waals surface area contributed by atoms with Crippen molar-refractivity contribution in [1.82, 2.24) is 0 Å². The average molecular weight is 401 g/mol. The number of Topliss-reactive ketones (excluding diaryl/α,β-unsaturated/α-hetero) is 1. The van der Waals surface area contributed by atoms with Gasteiger partial charge in [-0.25, -0.2) is 0 Å². The summed E-state index contributed by atoms with van der Waals surface area (Å²) in [6.07, 6.45) is 5.29. The largest absolute Gasteiger partial charge is 0.353 e. The molecule has 0 aliphatic heterocycles. The number of carbonyl (C=O) groups is 1. The summed E-state index contributed by atoms with van der Waals surface area (Å²) in [5, 5.41) is 0. The SMILES string of the molecule is CC1C=CCC([I+]c2ccccc2)=C1C(=O)c1ccccc1. The van der Waals surface area contributed by atoms with Crippen LogP contribution in [0.25, 0.3) is 0 Å². The third-order valence-electron chi connectivity index (χ3n) is 3.71. The molecule has 3 rings (SSSR count). The molecule has 0 bridgehead atoms. The molecule has 2 aromatic rings. The van der Waals surface area contributed by atoms with Crippen LogP contribution >= 0.6 is 0 Å². The molecule has 0 amide bonds. The van der Waals surface area contributed by atoms with E-state index in [1.165, 1.54) is 7.15 Å². The molecular weight excluding hydrogens is 383 g/mol.